The summed E-state index contributed by atoms with van der Waals surface area (Å²) in [6.07, 6.45) is 4.18. The first-order valence-electron chi connectivity index (χ1n) is 12.1. The molecule has 1 aliphatic carbocycles. The van der Waals surface area contributed by atoms with Crippen molar-refractivity contribution in [1.29, 1.82) is 0 Å². The van der Waals surface area contributed by atoms with Crippen LogP contribution in [0.1, 0.15) is 35.8 Å². The molecule has 186 valence electrons. The first-order valence-corrected chi connectivity index (χ1v) is 15.7. The van der Waals surface area contributed by atoms with Gasteiger partial charge in [0.2, 0.25) is 5.91 Å². The van der Waals surface area contributed by atoms with E-state index in [0.29, 0.717) is 31.1 Å². The molecule has 1 saturated heterocycles. The standard InChI is InChI=1S/C25H29N3O4S3/c1-2-27(18-12-14-35(31,32)16-18)21(29)15-33-25-26-23-22(19-9-6-10-20(19)34-23)24(30)28(25)13-11-17-7-4-3-5-8-17/h3-5,7-8,18H,2,6,9-16H2,1H3/t18-/m1/s1. The van der Waals surface area contributed by atoms with Crippen LogP contribution in [0.5, 0.6) is 0 Å². The van der Waals surface area contributed by atoms with Gasteiger partial charge in [0.05, 0.1) is 22.6 Å². The highest BCUT2D eigenvalue weighted by atomic mass is 32.2. The molecule has 0 radical (unpaired) electrons. The molecule has 0 spiro atoms. The fraction of sp³-hybridized carbons (Fsp3) is 0.480. The highest BCUT2D eigenvalue weighted by Crippen LogP contribution is 2.35. The van der Waals surface area contributed by atoms with E-state index in [1.807, 2.05) is 37.3 Å². The largest absolute Gasteiger partial charge is 0.338 e. The van der Waals surface area contributed by atoms with Crippen molar-refractivity contribution in [3.05, 3.63) is 56.7 Å². The average molecular weight is 532 g/mol. The minimum absolute atomic E-state index is 0.0190. The van der Waals surface area contributed by atoms with E-state index in [-0.39, 0.29) is 34.8 Å². The lowest BCUT2D eigenvalue weighted by atomic mass is 10.1. The van der Waals surface area contributed by atoms with Crippen LogP contribution >= 0.6 is 23.1 Å². The summed E-state index contributed by atoms with van der Waals surface area (Å²) in [5.41, 5.74) is 2.28. The quantitative estimate of drug-likeness (QED) is 0.327. The molecular weight excluding hydrogens is 502 g/mol. The Morgan fingerprint density at radius 2 is 2.06 bits per heavy atom. The summed E-state index contributed by atoms with van der Waals surface area (Å²) in [4.78, 5) is 35.3. The molecule has 7 nitrogen and oxygen atoms in total. The maximum atomic E-state index is 13.7. The Bertz CT molecular complexity index is 1410. The van der Waals surface area contributed by atoms with E-state index in [0.717, 1.165) is 40.6 Å². The summed E-state index contributed by atoms with van der Waals surface area (Å²) in [6, 6.07) is 9.77. The van der Waals surface area contributed by atoms with Crippen molar-refractivity contribution in [3.8, 4) is 0 Å². The number of benzene rings is 1. The molecule has 35 heavy (non-hydrogen) atoms. The third kappa shape index (κ3) is 5.06. The summed E-state index contributed by atoms with van der Waals surface area (Å²) in [5, 5.41) is 1.30. The molecule has 1 fully saturated rings. The number of carbonyl (C=O) groups is 1. The second-order valence-corrected chi connectivity index (χ2v) is 13.4. The Kier molecular flexibility index (Phi) is 7.05. The number of amides is 1. The smallest absolute Gasteiger partial charge is 0.263 e. The Hall–Kier alpha value is -2.17. The van der Waals surface area contributed by atoms with Gasteiger partial charge in [0.1, 0.15) is 4.83 Å². The van der Waals surface area contributed by atoms with Gasteiger partial charge in [-0.05, 0) is 50.2 Å². The van der Waals surface area contributed by atoms with E-state index in [2.05, 4.69) is 0 Å². The lowest BCUT2D eigenvalue weighted by molar-refractivity contribution is -0.129. The number of aromatic nitrogens is 2. The van der Waals surface area contributed by atoms with Crippen molar-refractivity contribution < 1.29 is 13.2 Å². The summed E-state index contributed by atoms with van der Waals surface area (Å²) in [7, 11) is -3.08. The number of rotatable bonds is 8. The highest BCUT2D eigenvalue weighted by molar-refractivity contribution is 7.99. The second-order valence-electron chi connectivity index (χ2n) is 9.15. The number of nitrogens with zero attached hydrogens (tertiary/aromatic N) is 3. The maximum absolute atomic E-state index is 13.7. The van der Waals surface area contributed by atoms with Crippen LogP contribution in [0, 0.1) is 0 Å². The molecule has 0 unspecified atom stereocenters. The zero-order valence-electron chi connectivity index (χ0n) is 19.7. The summed E-state index contributed by atoms with van der Waals surface area (Å²) < 4.78 is 25.6. The highest BCUT2D eigenvalue weighted by Gasteiger charge is 2.34. The van der Waals surface area contributed by atoms with E-state index in [1.54, 1.807) is 20.8 Å². The second kappa shape index (κ2) is 10.1. The molecule has 5 rings (SSSR count). The van der Waals surface area contributed by atoms with Crippen LogP contribution in [0.4, 0.5) is 0 Å². The van der Waals surface area contributed by atoms with Gasteiger partial charge in [0.25, 0.3) is 5.56 Å². The minimum Gasteiger partial charge on any atom is -0.338 e. The van der Waals surface area contributed by atoms with Gasteiger partial charge in [-0.1, -0.05) is 42.1 Å². The molecule has 3 aromatic rings. The van der Waals surface area contributed by atoms with Gasteiger partial charge in [-0.25, -0.2) is 13.4 Å². The molecule has 2 aromatic heterocycles. The molecule has 1 amide bonds. The number of thiophene rings is 1. The normalized spacial score (nSPS) is 18.7. The molecule has 0 saturated carbocycles. The van der Waals surface area contributed by atoms with Crippen molar-refractivity contribution in [2.45, 2.75) is 56.8 Å². The molecule has 1 aliphatic heterocycles. The van der Waals surface area contributed by atoms with Gasteiger partial charge in [0.15, 0.2) is 15.0 Å². The lowest BCUT2D eigenvalue weighted by Crippen LogP contribution is -2.42. The lowest BCUT2D eigenvalue weighted by Gasteiger charge is -2.26. The van der Waals surface area contributed by atoms with E-state index in [1.165, 1.54) is 16.6 Å². The molecule has 1 atom stereocenters. The number of thioether (sulfide) groups is 1. The number of hydrogen-bond acceptors (Lipinski definition) is 7. The molecule has 3 heterocycles. The SMILES string of the molecule is CCN(C(=O)CSc1nc2sc3c(c2c(=O)n1CCc1ccccc1)CCC3)[C@@H]1CCS(=O)(=O)C1. The monoisotopic (exact) mass is 531 g/mol. The van der Waals surface area contributed by atoms with Crippen LogP contribution in [0.15, 0.2) is 40.3 Å². The minimum atomic E-state index is -3.08. The Morgan fingerprint density at radius 3 is 2.77 bits per heavy atom. The third-order valence-electron chi connectivity index (χ3n) is 6.89. The third-order valence-corrected chi connectivity index (χ3v) is 10.8. The van der Waals surface area contributed by atoms with Crippen LogP contribution in [-0.2, 0) is 40.4 Å². The van der Waals surface area contributed by atoms with Crippen LogP contribution < -0.4 is 5.56 Å². The molecular formula is C25H29N3O4S3. The van der Waals surface area contributed by atoms with Gasteiger partial charge in [-0.15, -0.1) is 11.3 Å². The predicted octanol–water partition coefficient (Wildman–Crippen LogP) is 3.32. The zero-order valence-corrected chi connectivity index (χ0v) is 22.2. The summed E-state index contributed by atoms with van der Waals surface area (Å²) in [5.74, 6) is 0.176. The number of sulfone groups is 1. The van der Waals surface area contributed by atoms with Gasteiger partial charge < -0.3 is 4.90 Å². The van der Waals surface area contributed by atoms with Crippen molar-refractivity contribution in [3.63, 3.8) is 0 Å². The van der Waals surface area contributed by atoms with Crippen LogP contribution in [0.3, 0.4) is 0 Å². The van der Waals surface area contributed by atoms with Gasteiger partial charge in [-0.2, -0.15) is 0 Å². The molecule has 0 N–H and O–H groups in total. The topological polar surface area (TPSA) is 89.3 Å². The molecule has 10 heteroatoms. The van der Waals surface area contributed by atoms with Crippen LogP contribution in [0.25, 0.3) is 10.2 Å². The molecule has 2 aliphatic rings. The van der Waals surface area contributed by atoms with E-state index >= 15 is 0 Å². The number of aryl methyl sites for hydroxylation is 3. The van der Waals surface area contributed by atoms with Gasteiger partial charge in [-0.3, -0.25) is 14.2 Å². The maximum Gasteiger partial charge on any atom is 0.263 e. The summed E-state index contributed by atoms with van der Waals surface area (Å²) in [6.45, 7) is 2.83. The number of hydrogen-bond donors (Lipinski definition) is 0. The van der Waals surface area contributed by atoms with E-state index in [4.69, 9.17) is 4.98 Å². The van der Waals surface area contributed by atoms with Gasteiger partial charge in [0, 0.05) is 24.0 Å². The van der Waals surface area contributed by atoms with Crippen molar-refractivity contribution in [2.75, 3.05) is 23.8 Å². The van der Waals surface area contributed by atoms with E-state index < -0.39 is 9.84 Å². The van der Waals surface area contributed by atoms with Crippen LogP contribution in [-0.4, -0.2) is 58.6 Å². The molecule has 0 bridgehead atoms. The number of fused-ring (bicyclic) bond motifs is 3. The molecule has 1 aromatic carbocycles. The van der Waals surface area contributed by atoms with Crippen LogP contribution in [0.2, 0.25) is 0 Å². The van der Waals surface area contributed by atoms with E-state index in [9.17, 15) is 18.0 Å². The van der Waals surface area contributed by atoms with Crippen molar-refractivity contribution >= 4 is 49.1 Å². The Labute approximate surface area is 213 Å². The Morgan fingerprint density at radius 1 is 1.26 bits per heavy atom. The van der Waals surface area contributed by atoms with Gasteiger partial charge >= 0.3 is 0 Å². The number of carbonyl (C=O) groups excluding carboxylic acids is 1. The summed E-state index contributed by atoms with van der Waals surface area (Å²) >= 11 is 2.88. The first-order chi connectivity index (χ1) is 16.9. The Balaban J connectivity index is 1.42. The fourth-order valence-corrected chi connectivity index (χ4v) is 9.06. The predicted molar refractivity (Wildman–Crippen MR) is 141 cm³/mol. The average Bonchev–Trinajstić information content (AvgIpc) is 3.52. The fourth-order valence-electron chi connectivity index (χ4n) is 5.12. The first kappa shape index (κ1) is 24.5. The zero-order chi connectivity index (χ0) is 24.6. The van der Waals surface area contributed by atoms with Crippen molar-refractivity contribution in [2.24, 2.45) is 0 Å². The van der Waals surface area contributed by atoms with Crippen molar-refractivity contribution in [1.82, 2.24) is 14.5 Å².